The largest absolute Gasteiger partial charge is 0.482 e. The Hall–Kier alpha value is -2.24. The highest BCUT2D eigenvalue weighted by Crippen LogP contribution is 2.27. The molecule has 156 valence electrons. The van der Waals surface area contributed by atoms with Crippen LogP contribution in [0.25, 0.3) is 0 Å². The van der Waals surface area contributed by atoms with Gasteiger partial charge in [0, 0.05) is 17.1 Å². The van der Waals surface area contributed by atoms with Gasteiger partial charge in [-0.2, -0.15) is 0 Å². The second-order valence-electron chi connectivity index (χ2n) is 7.79. The number of rotatable bonds is 7. The van der Waals surface area contributed by atoms with E-state index < -0.39 is 11.6 Å². The van der Waals surface area contributed by atoms with Gasteiger partial charge in [-0.15, -0.1) is 0 Å². The Morgan fingerprint density at radius 2 is 1.76 bits per heavy atom. The summed E-state index contributed by atoms with van der Waals surface area (Å²) < 4.78 is 5.59. The van der Waals surface area contributed by atoms with Crippen LogP contribution < -0.4 is 10.1 Å². The Labute approximate surface area is 181 Å². The van der Waals surface area contributed by atoms with Crippen molar-refractivity contribution < 1.29 is 14.3 Å². The molecule has 1 N–H and O–H groups in total. The van der Waals surface area contributed by atoms with Crippen molar-refractivity contribution in [1.82, 2.24) is 10.2 Å². The van der Waals surface area contributed by atoms with E-state index in [0.717, 1.165) is 5.56 Å². The summed E-state index contributed by atoms with van der Waals surface area (Å²) in [4.78, 5) is 27.1. The minimum atomic E-state index is -0.675. The summed E-state index contributed by atoms with van der Waals surface area (Å²) in [5, 5.41) is 3.72. The second-order valence-corrected chi connectivity index (χ2v) is 8.63. The molecule has 0 saturated heterocycles. The average Bonchev–Trinajstić information content (AvgIpc) is 2.64. The van der Waals surface area contributed by atoms with Gasteiger partial charge in [0.2, 0.25) is 5.91 Å². The van der Waals surface area contributed by atoms with Gasteiger partial charge in [-0.05, 0) is 51.5 Å². The fraction of sp³-hybridized carbons (Fsp3) is 0.364. The molecular formula is C22H26Cl2N2O3. The molecule has 2 aromatic carbocycles. The molecule has 2 amide bonds. The van der Waals surface area contributed by atoms with E-state index in [2.05, 4.69) is 5.32 Å². The zero-order valence-corrected chi connectivity index (χ0v) is 18.6. The third-order valence-corrected chi connectivity index (χ3v) is 4.64. The third-order valence-electron chi connectivity index (χ3n) is 4.11. The van der Waals surface area contributed by atoms with Crippen LogP contribution in [0.4, 0.5) is 0 Å². The molecule has 5 nitrogen and oxygen atoms in total. The topological polar surface area (TPSA) is 58.6 Å². The zero-order chi connectivity index (χ0) is 21.6. The van der Waals surface area contributed by atoms with Crippen LogP contribution in [-0.4, -0.2) is 34.9 Å². The standard InChI is InChI=1S/C22H26Cl2N2O3/c1-15(21(28)25-22(2,3)4)26(13-16-8-6-5-7-9-16)20(27)14-29-19-11-10-17(23)12-18(19)24/h5-12,15H,13-14H2,1-4H3,(H,25,28)/t15-/m1/s1. The normalized spacial score (nSPS) is 12.2. The first kappa shape index (κ1) is 23.0. The molecule has 0 spiro atoms. The van der Waals surface area contributed by atoms with E-state index in [0.29, 0.717) is 15.8 Å². The van der Waals surface area contributed by atoms with Gasteiger partial charge in [0.1, 0.15) is 11.8 Å². The van der Waals surface area contributed by atoms with Crippen LogP contribution in [0.15, 0.2) is 48.5 Å². The molecule has 0 aromatic heterocycles. The van der Waals surface area contributed by atoms with Crippen molar-refractivity contribution in [2.24, 2.45) is 0 Å². The smallest absolute Gasteiger partial charge is 0.261 e. The molecule has 0 bridgehead atoms. The minimum absolute atomic E-state index is 0.230. The Balaban J connectivity index is 2.16. The number of carbonyl (C=O) groups excluding carboxylic acids is 2. The molecule has 0 unspecified atom stereocenters. The summed E-state index contributed by atoms with van der Waals surface area (Å²) in [5.41, 5.74) is 0.515. The van der Waals surface area contributed by atoms with Crippen LogP contribution in [-0.2, 0) is 16.1 Å². The predicted molar refractivity (Wildman–Crippen MR) is 116 cm³/mol. The number of amides is 2. The van der Waals surface area contributed by atoms with E-state index in [1.807, 2.05) is 51.1 Å². The van der Waals surface area contributed by atoms with Crippen molar-refractivity contribution in [3.05, 3.63) is 64.1 Å². The van der Waals surface area contributed by atoms with E-state index in [9.17, 15) is 9.59 Å². The highest BCUT2D eigenvalue weighted by molar-refractivity contribution is 6.35. The van der Waals surface area contributed by atoms with Gasteiger partial charge < -0.3 is 15.0 Å². The van der Waals surface area contributed by atoms with Crippen LogP contribution in [0.3, 0.4) is 0 Å². The van der Waals surface area contributed by atoms with Gasteiger partial charge in [0.15, 0.2) is 6.61 Å². The second kappa shape index (κ2) is 9.99. The predicted octanol–water partition coefficient (Wildman–Crippen LogP) is 4.70. The monoisotopic (exact) mass is 436 g/mol. The molecule has 2 rings (SSSR count). The molecule has 0 aliphatic heterocycles. The van der Waals surface area contributed by atoms with E-state index >= 15 is 0 Å². The van der Waals surface area contributed by atoms with Gasteiger partial charge in [-0.1, -0.05) is 53.5 Å². The fourth-order valence-electron chi connectivity index (χ4n) is 2.65. The molecule has 0 fully saturated rings. The van der Waals surface area contributed by atoms with Crippen LogP contribution in [0.1, 0.15) is 33.3 Å². The Morgan fingerprint density at radius 3 is 2.34 bits per heavy atom. The van der Waals surface area contributed by atoms with Crippen molar-refractivity contribution in [3.8, 4) is 5.75 Å². The first-order chi connectivity index (χ1) is 13.6. The van der Waals surface area contributed by atoms with Crippen molar-refractivity contribution in [1.29, 1.82) is 0 Å². The van der Waals surface area contributed by atoms with Gasteiger partial charge in [0.05, 0.1) is 5.02 Å². The van der Waals surface area contributed by atoms with Gasteiger partial charge in [0.25, 0.3) is 5.91 Å². The summed E-state index contributed by atoms with van der Waals surface area (Å²) in [6, 6.07) is 13.6. The lowest BCUT2D eigenvalue weighted by atomic mass is 10.1. The highest BCUT2D eigenvalue weighted by atomic mass is 35.5. The maximum atomic E-state index is 13.0. The SMILES string of the molecule is C[C@H](C(=O)NC(C)(C)C)N(Cc1ccccc1)C(=O)COc1ccc(Cl)cc1Cl. The molecule has 0 heterocycles. The van der Waals surface area contributed by atoms with Crippen molar-refractivity contribution >= 4 is 35.0 Å². The molecule has 1 atom stereocenters. The number of halogens is 2. The molecule has 0 radical (unpaired) electrons. The van der Waals surface area contributed by atoms with E-state index in [1.165, 1.54) is 4.90 Å². The molecule has 0 aliphatic carbocycles. The molecule has 2 aromatic rings. The van der Waals surface area contributed by atoms with Crippen molar-refractivity contribution in [2.45, 2.75) is 45.8 Å². The first-order valence-corrected chi connectivity index (χ1v) is 10.1. The summed E-state index contributed by atoms with van der Waals surface area (Å²) in [7, 11) is 0. The summed E-state index contributed by atoms with van der Waals surface area (Å²) in [6.07, 6.45) is 0. The number of benzene rings is 2. The van der Waals surface area contributed by atoms with Gasteiger partial charge in [-0.3, -0.25) is 9.59 Å². The van der Waals surface area contributed by atoms with Gasteiger partial charge >= 0.3 is 0 Å². The van der Waals surface area contributed by atoms with Gasteiger partial charge in [-0.25, -0.2) is 0 Å². The summed E-state index contributed by atoms with van der Waals surface area (Å²) in [6.45, 7) is 7.43. The first-order valence-electron chi connectivity index (χ1n) is 9.30. The zero-order valence-electron chi connectivity index (χ0n) is 17.0. The third kappa shape index (κ3) is 7.26. The number of nitrogens with zero attached hydrogens (tertiary/aromatic N) is 1. The molecule has 7 heteroatoms. The molecule has 0 saturated carbocycles. The molecule has 0 aliphatic rings. The maximum absolute atomic E-state index is 13.0. The van der Waals surface area contributed by atoms with Crippen LogP contribution in [0.2, 0.25) is 10.0 Å². The molecule has 29 heavy (non-hydrogen) atoms. The number of carbonyl (C=O) groups is 2. The summed E-state index contributed by atoms with van der Waals surface area (Å²) in [5.74, 6) is -0.196. The Kier molecular flexibility index (Phi) is 7.94. The lowest BCUT2D eigenvalue weighted by Crippen LogP contribution is -2.53. The fourth-order valence-corrected chi connectivity index (χ4v) is 3.11. The maximum Gasteiger partial charge on any atom is 0.261 e. The molecular weight excluding hydrogens is 411 g/mol. The lowest BCUT2D eigenvalue weighted by molar-refractivity contribution is -0.142. The minimum Gasteiger partial charge on any atom is -0.482 e. The Morgan fingerprint density at radius 1 is 1.10 bits per heavy atom. The van der Waals surface area contributed by atoms with E-state index in [1.54, 1.807) is 25.1 Å². The van der Waals surface area contributed by atoms with Crippen LogP contribution in [0.5, 0.6) is 5.75 Å². The lowest BCUT2D eigenvalue weighted by Gasteiger charge is -2.31. The van der Waals surface area contributed by atoms with E-state index in [-0.39, 0.29) is 25.0 Å². The van der Waals surface area contributed by atoms with Crippen molar-refractivity contribution in [2.75, 3.05) is 6.61 Å². The number of ether oxygens (including phenoxy) is 1. The quantitative estimate of drug-likeness (QED) is 0.683. The van der Waals surface area contributed by atoms with Crippen molar-refractivity contribution in [3.63, 3.8) is 0 Å². The van der Waals surface area contributed by atoms with Crippen LogP contribution in [0, 0.1) is 0 Å². The number of hydrogen-bond acceptors (Lipinski definition) is 3. The van der Waals surface area contributed by atoms with E-state index in [4.69, 9.17) is 27.9 Å². The average molecular weight is 437 g/mol. The van der Waals surface area contributed by atoms with Crippen LogP contribution >= 0.6 is 23.2 Å². The highest BCUT2D eigenvalue weighted by Gasteiger charge is 2.28. The summed E-state index contributed by atoms with van der Waals surface area (Å²) >= 11 is 12.0. The Bertz CT molecular complexity index is 851. The number of nitrogens with one attached hydrogen (secondary N) is 1. The number of hydrogen-bond donors (Lipinski definition) is 1.